The van der Waals surface area contributed by atoms with E-state index in [0.717, 1.165) is 10.8 Å². The van der Waals surface area contributed by atoms with Crippen LogP contribution >= 0.6 is 0 Å². The van der Waals surface area contributed by atoms with Crippen molar-refractivity contribution in [2.75, 3.05) is 5.73 Å². The fourth-order valence-electron chi connectivity index (χ4n) is 2.15. The number of anilines is 1. The lowest BCUT2D eigenvalue weighted by Gasteiger charge is -2.10. The van der Waals surface area contributed by atoms with Gasteiger partial charge >= 0.3 is 0 Å². The van der Waals surface area contributed by atoms with Gasteiger partial charge in [-0.25, -0.2) is 4.21 Å². The van der Waals surface area contributed by atoms with Gasteiger partial charge in [0.05, 0.1) is 4.90 Å². The van der Waals surface area contributed by atoms with Gasteiger partial charge in [0.2, 0.25) is 0 Å². The minimum absolute atomic E-state index is 0.338. The number of hydrogen-bond donors (Lipinski definition) is 2. The van der Waals surface area contributed by atoms with Crippen LogP contribution in [0.4, 0.5) is 5.69 Å². The zero-order chi connectivity index (χ0) is 14.8. The monoisotopic (exact) mass is 299 g/mol. The normalized spacial score (nSPS) is 12.2. The minimum Gasteiger partial charge on any atom is -0.457 e. The van der Waals surface area contributed by atoms with Gasteiger partial charge in [-0.1, -0.05) is 24.3 Å². The average Bonchev–Trinajstić information content (AvgIpc) is 2.49. The molecule has 0 fully saturated rings. The third kappa shape index (κ3) is 2.74. The molecule has 0 bridgehead atoms. The van der Waals surface area contributed by atoms with E-state index in [1.807, 2.05) is 36.4 Å². The second kappa shape index (κ2) is 5.55. The molecule has 0 amide bonds. The maximum atomic E-state index is 10.9. The Labute approximate surface area is 124 Å². The Kier molecular flexibility index (Phi) is 3.60. The first kappa shape index (κ1) is 13.6. The topological polar surface area (TPSA) is 72.5 Å². The van der Waals surface area contributed by atoms with E-state index in [-0.39, 0.29) is 0 Å². The number of benzene rings is 3. The Morgan fingerprint density at radius 1 is 0.905 bits per heavy atom. The number of nitrogens with two attached hydrogens (primary N) is 1. The van der Waals surface area contributed by atoms with E-state index >= 15 is 0 Å². The van der Waals surface area contributed by atoms with E-state index in [0.29, 0.717) is 22.1 Å². The van der Waals surface area contributed by atoms with Gasteiger partial charge in [-0.05, 0) is 36.4 Å². The summed E-state index contributed by atoms with van der Waals surface area (Å²) in [4.78, 5) is 0.338. The second-order valence-corrected chi connectivity index (χ2v) is 5.49. The highest BCUT2D eigenvalue weighted by Gasteiger charge is 2.06. The molecule has 3 rings (SSSR count). The molecule has 1 atom stereocenters. The molecular weight excluding hydrogens is 286 g/mol. The first-order valence-electron chi connectivity index (χ1n) is 6.31. The van der Waals surface area contributed by atoms with E-state index in [1.54, 1.807) is 24.3 Å². The van der Waals surface area contributed by atoms with Crippen molar-refractivity contribution in [2.45, 2.75) is 4.90 Å². The van der Waals surface area contributed by atoms with Crippen molar-refractivity contribution >= 4 is 27.5 Å². The zero-order valence-electron chi connectivity index (χ0n) is 11.0. The molecule has 21 heavy (non-hydrogen) atoms. The highest BCUT2D eigenvalue weighted by atomic mass is 32.2. The van der Waals surface area contributed by atoms with Crippen molar-refractivity contribution in [2.24, 2.45) is 0 Å². The van der Waals surface area contributed by atoms with Crippen LogP contribution in [0.2, 0.25) is 0 Å². The molecule has 1 unspecified atom stereocenters. The van der Waals surface area contributed by atoms with Gasteiger partial charge < -0.3 is 15.0 Å². The van der Waals surface area contributed by atoms with Crippen molar-refractivity contribution in [1.82, 2.24) is 0 Å². The molecule has 106 valence electrons. The van der Waals surface area contributed by atoms with Crippen LogP contribution in [-0.4, -0.2) is 8.76 Å². The molecule has 0 radical (unpaired) electrons. The van der Waals surface area contributed by atoms with E-state index in [4.69, 9.17) is 15.0 Å². The number of nitrogen functional groups attached to an aromatic ring is 1. The van der Waals surface area contributed by atoms with Crippen LogP contribution in [0.3, 0.4) is 0 Å². The molecule has 4 nitrogen and oxygen atoms in total. The average molecular weight is 299 g/mol. The largest absolute Gasteiger partial charge is 0.457 e. The summed E-state index contributed by atoms with van der Waals surface area (Å²) in [5, 5.41) is 1.86. The molecule has 0 aliphatic rings. The summed E-state index contributed by atoms with van der Waals surface area (Å²) in [7, 11) is 0. The van der Waals surface area contributed by atoms with Crippen LogP contribution < -0.4 is 10.5 Å². The summed E-state index contributed by atoms with van der Waals surface area (Å²) >= 11 is -1.98. The molecule has 0 spiro atoms. The predicted octanol–water partition coefficient (Wildman–Crippen LogP) is 3.79. The van der Waals surface area contributed by atoms with E-state index in [1.165, 1.54) is 0 Å². The van der Waals surface area contributed by atoms with Crippen LogP contribution in [0.5, 0.6) is 11.5 Å². The Morgan fingerprint density at radius 2 is 1.57 bits per heavy atom. The van der Waals surface area contributed by atoms with Crippen molar-refractivity contribution in [3.05, 3.63) is 60.7 Å². The molecule has 0 aliphatic heterocycles. The first-order valence-corrected chi connectivity index (χ1v) is 7.42. The summed E-state index contributed by atoms with van der Waals surface area (Å²) in [6, 6.07) is 17.8. The van der Waals surface area contributed by atoms with Gasteiger partial charge in [0.15, 0.2) is 11.1 Å². The number of fused-ring (bicyclic) bond motifs is 1. The van der Waals surface area contributed by atoms with Crippen molar-refractivity contribution in [1.29, 1.82) is 0 Å². The maximum absolute atomic E-state index is 10.9. The van der Waals surface area contributed by atoms with Gasteiger partial charge in [0.1, 0.15) is 11.5 Å². The Balaban J connectivity index is 1.98. The summed E-state index contributed by atoms with van der Waals surface area (Å²) in [5.74, 6) is 1.29. The lowest BCUT2D eigenvalue weighted by Crippen LogP contribution is -1.91. The highest BCUT2D eigenvalue weighted by Crippen LogP contribution is 2.32. The third-order valence-electron chi connectivity index (χ3n) is 3.17. The lowest BCUT2D eigenvalue weighted by atomic mass is 10.1. The third-order valence-corrected chi connectivity index (χ3v) is 3.84. The SMILES string of the molecule is Nc1cccc2c(Oc3ccc(S(=O)O)cc3)cccc12. The van der Waals surface area contributed by atoms with Crippen molar-refractivity contribution in [3.8, 4) is 11.5 Å². The predicted molar refractivity (Wildman–Crippen MR) is 83.9 cm³/mol. The number of ether oxygens (including phenoxy) is 1. The molecule has 0 aliphatic carbocycles. The van der Waals surface area contributed by atoms with Gasteiger partial charge in [-0.15, -0.1) is 0 Å². The summed E-state index contributed by atoms with van der Waals surface area (Å²) in [5.41, 5.74) is 6.65. The highest BCUT2D eigenvalue weighted by molar-refractivity contribution is 7.79. The molecule has 0 heterocycles. The second-order valence-electron chi connectivity index (χ2n) is 4.52. The minimum atomic E-state index is -1.98. The Bertz CT molecular complexity index is 815. The van der Waals surface area contributed by atoms with Crippen molar-refractivity contribution in [3.63, 3.8) is 0 Å². The fourth-order valence-corrected chi connectivity index (χ4v) is 2.51. The van der Waals surface area contributed by atoms with Crippen LogP contribution in [0, 0.1) is 0 Å². The van der Waals surface area contributed by atoms with E-state index in [2.05, 4.69) is 0 Å². The van der Waals surface area contributed by atoms with Crippen LogP contribution in [-0.2, 0) is 11.1 Å². The van der Waals surface area contributed by atoms with E-state index in [9.17, 15) is 4.21 Å². The molecule has 3 aromatic carbocycles. The number of hydrogen-bond acceptors (Lipinski definition) is 3. The molecule has 0 saturated heterocycles. The van der Waals surface area contributed by atoms with Gasteiger partial charge in [-0.3, -0.25) is 0 Å². The van der Waals surface area contributed by atoms with Crippen molar-refractivity contribution < 1.29 is 13.5 Å². The molecule has 3 N–H and O–H groups in total. The molecule has 0 saturated carbocycles. The Hall–Kier alpha value is -2.37. The van der Waals surface area contributed by atoms with Gasteiger partial charge in [-0.2, -0.15) is 0 Å². The molecule has 5 heteroatoms. The van der Waals surface area contributed by atoms with Gasteiger partial charge in [0, 0.05) is 16.5 Å². The van der Waals surface area contributed by atoms with Crippen LogP contribution in [0.15, 0.2) is 65.6 Å². The van der Waals surface area contributed by atoms with Gasteiger partial charge in [0.25, 0.3) is 0 Å². The lowest BCUT2D eigenvalue weighted by molar-refractivity contribution is 0.487. The quantitative estimate of drug-likeness (QED) is 0.570. The van der Waals surface area contributed by atoms with E-state index < -0.39 is 11.1 Å². The molecular formula is C16H13NO3S. The zero-order valence-corrected chi connectivity index (χ0v) is 11.8. The first-order chi connectivity index (χ1) is 10.1. The standard InChI is InChI=1S/C16H13NO3S/c17-15-5-1-4-14-13(15)3-2-6-16(14)20-11-7-9-12(10-8-11)21(18)19/h1-10H,17H2,(H,18,19). The van der Waals surface area contributed by atoms with Crippen LogP contribution in [0.1, 0.15) is 0 Å². The maximum Gasteiger partial charge on any atom is 0.186 e. The summed E-state index contributed by atoms with van der Waals surface area (Å²) in [6.45, 7) is 0. The fraction of sp³-hybridized carbons (Fsp3) is 0. The summed E-state index contributed by atoms with van der Waals surface area (Å²) in [6.07, 6.45) is 0. The Morgan fingerprint density at radius 3 is 2.29 bits per heavy atom. The number of rotatable bonds is 3. The molecule has 0 aromatic heterocycles. The smallest absolute Gasteiger partial charge is 0.186 e. The summed E-state index contributed by atoms with van der Waals surface area (Å²) < 4.78 is 25.8. The molecule has 3 aromatic rings. The van der Waals surface area contributed by atoms with Crippen LogP contribution in [0.25, 0.3) is 10.8 Å².